The minimum Gasteiger partial charge on any atom is -0.417 e. The Hall–Kier alpha value is -1.35. The van der Waals surface area contributed by atoms with E-state index in [4.69, 9.17) is 13.7 Å². The van der Waals surface area contributed by atoms with Crippen LogP contribution in [0.2, 0.25) is 18.1 Å². The Labute approximate surface area is 168 Å². The lowest BCUT2D eigenvalue weighted by atomic mass is 9.79. The van der Waals surface area contributed by atoms with Crippen molar-refractivity contribution < 1.29 is 13.7 Å². The van der Waals surface area contributed by atoms with Crippen LogP contribution in [0.1, 0.15) is 41.0 Å². The summed E-state index contributed by atoms with van der Waals surface area (Å²) in [6.45, 7) is 17.1. The summed E-state index contributed by atoms with van der Waals surface area (Å²) in [6, 6.07) is 5.87. The van der Waals surface area contributed by atoms with E-state index in [1.165, 1.54) is 0 Å². The van der Waals surface area contributed by atoms with Crippen molar-refractivity contribution in [2.45, 2.75) is 71.3 Å². The van der Waals surface area contributed by atoms with Gasteiger partial charge in [-0.05, 0) is 56.0 Å². The van der Waals surface area contributed by atoms with Crippen LogP contribution in [0.3, 0.4) is 0 Å². The molecule has 3 rings (SSSR count). The van der Waals surface area contributed by atoms with Crippen molar-refractivity contribution in [2.24, 2.45) is 0 Å². The second-order valence-electron chi connectivity index (χ2n) is 9.84. The highest BCUT2D eigenvalue weighted by atomic mass is 28.4. The number of aromatic nitrogens is 2. The molecule has 1 N–H and O–H groups in total. The number of aryl methyl sites for hydroxylation is 1. The van der Waals surface area contributed by atoms with Gasteiger partial charge in [-0.2, -0.15) is 0 Å². The quantitative estimate of drug-likeness (QED) is 0.593. The van der Waals surface area contributed by atoms with Crippen molar-refractivity contribution in [1.82, 2.24) is 9.55 Å². The van der Waals surface area contributed by atoms with Crippen molar-refractivity contribution in [3.8, 4) is 0 Å². The Kier molecular flexibility index (Phi) is 5.71. The molecule has 0 radical (unpaired) electrons. The fourth-order valence-electron chi connectivity index (χ4n) is 3.10. The highest BCUT2D eigenvalue weighted by Crippen LogP contribution is 2.36. The van der Waals surface area contributed by atoms with Crippen LogP contribution in [0.5, 0.6) is 0 Å². The highest BCUT2D eigenvalue weighted by molar-refractivity contribution is 6.74. The first-order valence-electron chi connectivity index (χ1n) is 10.1. The molecule has 28 heavy (non-hydrogen) atoms. The Morgan fingerprint density at radius 2 is 2.04 bits per heavy atom. The van der Waals surface area contributed by atoms with Crippen LogP contribution in [0.25, 0.3) is 11.0 Å². The van der Waals surface area contributed by atoms with Gasteiger partial charge in [-0.3, -0.25) is 4.57 Å². The number of benzene rings is 1. The number of H-pyrrole nitrogens is 1. The van der Waals surface area contributed by atoms with Crippen LogP contribution in [0, 0.1) is 0 Å². The molecule has 1 saturated heterocycles. The first kappa shape index (κ1) is 21.4. The zero-order valence-corrected chi connectivity index (χ0v) is 19.2. The monoisotopic (exact) mass is 404 g/mol. The maximum absolute atomic E-state index is 12.4. The molecule has 0 unspecified atom stereocenters. The van der Waals surface area contributed by atoms with Gasteiger partial charge >= 0.3 is 12.8 Å². The van der Waals surface area contributed by atoms with Gasteiger partial charge in [0.15, 0.2) is 8.32 Å². The summed E-state index contributed by atoms with van der Waals surface area (Å²) in [5.74, 6) is 0. The fourth-order valence-corrected chi connectivity index (χ4v) is 4.19. The first-order chi connectivity index (χ1) is 12.9. The van der Waals surface area contributed by atoms with E-state index in [0.29, 0.717) is 19.8 Å². The number of aromatic amines is 1. The normalized spacial score (nSPS) is 17.6. The number of imidazole rings is 1. The van der Waals surface area contributed by atoms with Gasteiger partial charge in [0.1, 0.15) is 0 Å². The summed E-state index contributed by atoms with van der Waals surface area (Å²) >= 11 is 0. The number of hydrogen-bond acceptors (Lipinski definition) is 4. The Balaban J connectivity index is 1.72. The third-order valence-corrected chi connectivity index (χ3v) is 10.4. The lowest BCUT2D eigenvalue weighted by molar-refractivity contribution is 0.137. The maximum Gasteiger partial charge on any atom is 0.494 e. The van der Waals surface area contributed by atoms with Gasteiger partial charge in [0.05, 0.1) is 23.2 Å². The van der Waals surface area contributed by atoms with Crippen molar-refractivity contribution in [2.75, 3.05) is 13.2 Å². The van der Waals surface area contributed by atoms with Crippen molar-refractivity contribution >= 4 is 31.9 Å². The Morgan fingerprint density at radius 3 is 2.64 bits per heavy atom. The lowest BCUT2D eigenvalue weighted by Crippen LogP contribution is -2.41. The molecule has 1 aromatic heterocycles. The van der Waals surface area contributed by atoms with Gasteiger partial charge in [-0.1, -0.05) is 26.8 Å². The van der Waals surface area contributed by atoms with Gasteiger partial charge in [0, 0.05) is 13.2 Å². The molecule has 6 nitrogen and oxygen atoms in total. The van der Waals surface area contributed by atoms with E-state index >= 15 is 0 Å². The van der Waals surface area contributed by atoms with Gasteiger partial charge in [0.25, 0.3) is 0 Å². The van der Waals surface area contributed by atoms with Crippen LogP contribution in [-0.2, 0) is 20.3 Å². The predicted molar refractivity (Wildman–Crippen MR) is 117 cm³/mol. The molecular weight excluding hydrogens is 371 g/mol. The molecule has 2 heterocycles. The molecule has 0 spiro atoms. The van der Waals surface area contributed by atoms with Crippen LogP contribution >= 0.6 is 0 Å². The maximum atomic E-state index is 12.4. The molecule has 1 fully saturated rings. The lowest BCUT2D eigenvalue weighted by Gasteiger charge is -2.36. The second kappa shape index (κ2) is 7.48. The van der Waals surface area contributed by atoms with E-state index in [-0.39, 0.29) is 23.4 Å². The smallest absolute Gasteiger partial charge is 0.417 e. The predicted octanol–water partition coefficient (Wildman–Crippen LogP) is 3.26. The van der Waals surface area contributed by atoms with Gasteiger partial charge in [-0.15, -0.1) is 0 Å². The van der Waals surface area contributed by atoms with Crippen molar-refractivity contribution in [3.05, 3.63) is 28.7 Å². The van der Waals surface area contributed by atoms with Crippen LogP contribution in [0.4, 0.5) is 0 Å². The third-order valence-electron chi connectivity index (χ3n) is 5.88. The van der Waals surface area contributed by atoms with Crippen LogP contribution < -0.4 is 11.2 Å². The van der Waals surface area contributed by atoms with E-state index < -0.39 is 8.32 Å². The van der Waals surface area contributed by atoms with E-state index in [0.717, 1.165) is 22.9 Å². The summed E-state index contributed by atoms with van der Waals surface area (Å²) in [5.41, 5.74) is 2.26. The summed E-state index contributed by atoms with van der Waals surface area (Å²) in [7, 11) is -2.15. The fraction of sp³-hybridized carbons (Fsp3) is 0.650. The summed E-state index contributed by atoms with van der Waals surface area (Å²) in [6.07, 6.45) is 0.799. The van der Waals surface area contributed by atoms with Gasteiger partial charge in [0.2, 0.25) is 0 Å². The first-order valence-corrected chi connectivity index (χ1v) is 13.0. The Morgan fingerprint density at radius 1 is 1.32 bits per heavy atom. The number of hydrogen-bond donors (Lipinski definition) is 1. The molecule has 154 valence electrons. The van der Waals surface area contributed by atoms with Gasteiger partial charge in [-0.25, -0.2) is 4.79 Å². The molecular formula is C20H33BN2O4Si. The molecule has 1 aliphatic heterocycles. The second-order valence-corrected chi connectivity index (χ2v) is 14.7. The standard InChI is InChI=1S/C20H33BN2O4Si/c1-19(2,3)28(6,7)26-12-8-11-23-17-13-15(9-10-16(17)22-18(23)24)21-25-14-20(4,5)27-21/h9-10,13H,8,11-12,14H2,1-7H3,(H,22,24). The Bertz CT molecular complexity index is 898. The molecule has 0 amide bonds. The molecule has 1 aromatic carbocycles. The van der Waals surface area contributed by atoms with Crippen molar-refractivity contribution in [1.29, 1.82) is 0 Å². The average molecular weight is 404 g/mol. The summed E-state index contributed by atoms with van der Waals surface area (Å²) < 4.78 is 19.8. The molecule has 0 saturated carbocycles. The summed E-state index contributed by atoms with van der Waals surface area (Å²) in [4.78, 5) is 15.4. The van der Waals surface area contributed by atoms with Gasteiger partial charge < -0.3 is 18.7 Å². The van der Waals surface area contributed by atoms with Crippen LogP contribution in [0.15, 0.2) is 23.0 Å². The van der Waals surface area contributed by atoms with E-state index in [2.05, 4.69) is 38.8 Å². The third kappa shape index (κ3) is 4.45. The molecule has 0 aliphatic carbocycles. The minimum absolute atomic E-state index is 0.0898. The molecule has 2 aromatic rings. The molecule has 0 atom stereocenters. The SMILES string of the molecule is CC1(C)COB(c2ccc3[nH]c(=O)n(CCCO[Si](C)(C)C(C)(C)C)c3c2)O1. The number of nitrogens with one attached hydrogen (secondary N) is 1. The summed E-state index contributed by atoms with van der Waals surface area (Å²) in [5, 5.41) is 0.189. The molecule has 0 bridgehead atoms. The van der Waals surface area contributed by atoms with Crippen LogP contribution in [-0.4, -0.2) is 43.8 Å². The zero-order valence-electron chi connectivity index (χ0n) is 18.2. The van der Waals surface area contributed by atoms with E-state index in [1.807, 2.05) is 32.0 Å². The molecule has 1 aliphatic rings. The van der Waals surface area contributed by atoms with E-state index in [1.54, 1.807) is 4.57 Å². The van der Waals surface area contributed by atoms with Crippen molar-refractivity contribution in [3.63, 3.8) is 0 Å². The van der Waals surface area contributed by atoms with E-state index in [9.17, 15) is 4.79 Å². The largest absolute Gasteiger partial charge is 0.494 e. The minimum atomic E-state index is -1.76. The highest BCUT2D eigenvalue weighted by Gasteiger charge is 2.38. The molecule has 8 heteroatoms. The topological polar surface area (TPSA) is 65.5 Å². The number of rotatable bonds is 6. The average Bonchev–Trinajstić information content (AvgIpc) is 3.09. The number of nitrogens with zero attached hydrogens (tertiary/aromatic N) is 1. The zero-order chi connectivity index (χ0) is 20.7. The number of fused-ring (bicyclic) bond motifs is 1.